The summed E-state index contributed by atoms with van der Waals surface area (Å²) >= 11 is 0. The van der Waals surface area contributed by atoms with Crippen LogP contribution in [0.3, 0.4) is 0 Å². The molecule has 2 heteroatoms. The van der Waals surface area contributed by atoms with Gasteiger partial charge in [-0.25, -0.2) is 0 Å². The molecule has 3 N–H and O–H groups in total. The minimum absolute atomic E-state index is 0.302. The third-order valence-corrected chi connectivity index (χ3v) is 2.45. The Kier molecular flexibility index (Phi) is 5.37. The summed E-state index contributed by atoms with van der Waals surface area (Å²) in [7, 11) is 0. The lowest BCUT2D eigenvalue weighted by atomic mass is 10.1. The molecule has 1 rings (SSSR count). The number of aryl methyl sites for hydroxylation is 1. The Morgan fingerprint density at radius 1 is 1.33 bits per heavy atom. The zero-order valence-electron chi connectivity index (χ0n) is 9.79. The molecule has 0 amide bonds. The maximum atomic E-state index is 5.67. The van der Waals surface area contributed by atoms with Crippen LogP contribution < -0.4 is 11.1 Å². The van der Waals surface area contributed by atoms with Crippen molar-refractivity contribution in [2.75, 3.05) is 13.1 Å². The van der Waals surface area contributed by atoms with Gasteiger partial charge in [-0.05, 0) is 45.3 Å². The van der Waals surface area contributed by atoms with E-state index in [1.54, 1.807) is 0 Å². The number of nitrogens with two attached hydrogens (primary N) is 1. The van der Waals surface area contributed by atoms with Gasteiger partial charge < -0.3 is 11.1 Å². The standard InChI is InChI=1S/C13H22N2/c1-11-4-3-5-13(10-11)7-9-15-8-6-12(2)14/h3-5,10,12,15H,6-9,14H2,1-2H3. The Hall–Kier alpha value is -0.860. The summed E-state index contributed by atoms with van der Waals surface area (Å²) in [5.74, 6) is 0. The molecule has 15 heavy (non-hydrogen) atoms. The monoisotopic (exact) mass is 206 g/mol. The molecule has 1 aromatic rings. The van der Waals surface area contributed by atoms with Gasteiger partial charge >= 0.3 is 0 Å². The zero-order chi connectivity index (χ0) is 11.1. The summed E-state index contributed by atoms with van der Waals surface area (Å²) in [6, 6.07) is 8.98. The molecule has 0 heterocycles. The number of hydrogen-bond donors (Lipinski definition) is 2. The van der Waals surface area contributed by atoms with Gasteiger partial charge in [0.1, 0.15) is 0 Å². The molecule has 0 saturated heterocycles. The topological polar surface area (TPSA) is 38.0 Å². The molecule has 0 spiro atoms. The van der Waals surface area contributed by atoms with E-state index in [0.29, 0.717) is 6.04 Å². The molecular formula is C13H22N2. The quantitative estimate of drug-likeness (QED) is 0.697. The van der Waals surface area contributed by atoms with Crippen molar-refractivity contribution in [3.05, 3.63) is 35.4 Å². The highest BCUT2D eigenvalue weighted by Crippen LogP contribution is 2.03. The largest absolute Gasteiger partial charge is 0.328 e. The summed E-state index contributed by atoms with van der Waals surface area (Å²) < 4.78 is 0. The van der Waals surface area contributed by atoms with Gasteiger partial charge in [-0.2, -0.15) is 0 Å². The first-order valence-electron chi connectivity index (χ1n) is 5.70. The van der Waals surface area contributed by atoms with E-state index < -0.39 is 0 Å². The van der Waals surface area contributed by atoms with Crippen molar-refractivity contribution in [3.63, 3.8) is 0 Å². The molecule has 1 unspecified atom stereocenters. The van der Waals surface area contributed by atoms with Crippen molar-refractivity contribution in [2.45, 2.75) is 32.7 Å². The Morgan fingerprint density at radius 2 is 2.13 bits per heavy atom. The highest BCUT2D eigenvalue weighted by molar-refractivity contribution is 5.22. The van der Waals surface area contributed by atoms with Crippen molar-refractivity contribution in [1.29, 1.82) is 0 Å². The molecule has 2 nitrogen and oxygen atoms in total. The fraction of sp³-hybridized carbons (Fsp3) is 0.538. The van der Waals surface area contributed by atoms with Crippen LogP contribution in [0.4, 0.5) is 0 Å². The lowest BCUT2D eigenvalue weighted by molar-refractivity contribution is 0.590. The fourth-order valence-electron chi connectivity index (χ4n) is 1.56. The lowest BCUT2D eigenvalue weighted by Gasteiger charge is -2.07. The normalized spacial score (nSPS) is 12.7. The Labute approximate surface area is 92.9 Å². The minimum Gasteiger partial charge on any atom is -0.328 e. The second-order valence-electron chi connectivity index (χ2n) is 4.26. The van der Waals surface area contributed by atoms with Crippen molar-refractivity contribution < 1.29 is 0 Å². The fourth-order valence-corrected chi connectivity index (χ4v) is 1.56. The van der Waals surface area contributed by atoms with E-state index in [-0.39, 0.29) is 0 Å². The number of rotatable bonds is 6. The van der Waals surface area contributed by atoms with Crippen LogP contribution in [0.2, 0.25) is 0 Å². The van der Waals surface area contributed by atoms with E-state index in [4.69, 9.17) is 5.73 Å². The first-order chi connectivity index (χ1) is 7.18. The molecule has 0 bridgehead atoms. The minimum atomic E-state index is 0.302. The highest BCUT2D eigenvalue weighted by Gasteiger charge is 1.95. The molecular weight excluding hydrogens is 184 g/mol. The second-order valence-corrected chi connectivity index (χ2v) is 4.26. The van der Waals surface area contributed by atoms with E-state index >= 15 is 0 Å². The SMILES string of the molecule is Cc1cccc(CCNCCC(C)N)c1. The van der Waals surface area contributed by atoms with Gasteiger partial charge in [-0.3, -0.25) is 0 Å². The van der Waals surface area contributed by atoms with Gasteiger partial charge in [0.05, 0.1) is 0 Å². The first kappa shape index (κ1) is 12.2. The number of nitrogens with one attached hydrogen (secondary N) is 1. The van der Waals surface area contributed by atoms with Gasteiger partial charge in [0.25, 0.3) is 0 Å². The molecule has 0 aliphatic heterocycles. The van der Waals surface area contributed by atoms with E-state index in [0.717, 1.165) is 25.9 Å². The molecule has 0 aromatic heterocycles. The maximum absolute atomic E-state index is 5.67. The number of hydrogen-bond acceptors (Lipinski definition) is 2. The predicted octanol–water partition coefficient (Wildman–Crippen LogP) is 1.86. The van der Waals surface area contributed by atoms with E-state index in [1.165, 1.54) is 11.1 Å². The molecule has 84 valence electrons. The van der Waals surface area contributed by atoms with Gasteiger partial charge in [-0.1, -0.05) is 29.8 Å². The smallest absolute Gasteiger partial charge is 0.00225 e. The molecule has 0 radical (unpaired) electrons. The molecule has 0 saturated carbocycles. The van der Waals surface area contributed by atoms with Crippen LogP contribution in [0.25, 0.3) is 0 Å². The van der Waals surface area contributed by atoms with Crippen LogP contribution >= 0.6 is 0 Å². The van der Waals surface area contributed by atoms with Gasteiger partial charge in [0, 0.05) is 6.04 Å². The average Bonchev–Trinajstić information content (AvgIpc) is 2.17. The summed E-state index contributed by atoms with van der Waals surface area (Å²) in [6.07, 6.45) is 2.15. The first-order valence-corrected chi connectivity index (χ1v) is 5.70. The highest BCUT2D eigenvalue weighted by atomic mass is 14.8. The third kappa shape index (κ3) is 5.55. The summed E-state index contributed by atoms with van der Waals surface area (Å²) in [5.41, 5.74) is 8.41. The van der Waals surface area contributed by atoms with Crippen LogP contribution in [0.5, 0.6) is 0 Å². The maximum Gasteiger partial charge on any atom is 0.00225 e. The summed E-state index contributed by atoms with van der Waals surface area (Å²) in [5, 5.41) is 3.40. The Bertz CT molecular complexity index is 282. The van der Waals surface area contributed by atoms with E-state index in [2.05, 4.69) is 36.5 Å². The summed E-state index contributed by atoms with van der Waals surface area (Å²) in [6.45, 7) is 6.23. The molecule has 0 fully saturated rings. The van der Waals surface area contributed by atoms with Crippen molar-refractivity contribution in [1.82, 2.24) is 5.32 Å². The molecule has 0 aliphatic carbocycles. The Balaban J connectivity index is 2.15. The van der Waals surface area contributed by atoms with E-state index in [1.807, 2.05) is 6.92 Å². The van der Waals surface area contributed by atoms with Crippen LogP contribution in [-0.2, 0) is 6.42 Å². The molecule has 1 atom stereocenters. The van der Waals surface area contributed by atoms with Gasteiger partial charge in [0.2, 0.25) is 0 Å². The van der Waals surface area contributed by atoms with Gasteiger partial charge in [-0.15, -0.1) is 0 Å². The van der Waals surface area contributed by atoms with Crippen LogP contribution in [0.1, 0.15) is 24.5 Å². The van der Waals surface area contributed by atoms with Gasteiger partial charge in [0.15, 0.2) is 0 Å². The predicted molar refractivity (Wildman–Crippen MR) is 66.0 cm³/mol. The van der Waals surface area contributed by atoms with Crippen molar-refractivity contribution in [3.8, 4) is 0 Å². The zero-order valence-corrected chi connectivity index (χ0v) is 9.79. The lowest BCUT2D eigenvalue weighted by Crippen LogP contribution is -2.25. The second kappa shape index (κ2) is 6.59. The number of benzene rings is 1. The van der Waals surface area contributed by atoms with Crippen molar-refractivity contribution in [2.24, 2.45) is 5.73 Å². The molecule has 0 aliphatic rings. The Morgan fingerprint density at radius 3 is 2.80 bits per heavy atom. The van der Waals surface area contributed by atoms with Crippen LogP contribution in [0.15, 0.2) is 24.3 Å². The molecule has 1 aromatic carbocycles. The summed E-state index contributed by atoms with van der Waals surface area (Å²) in [4.78, 5) is 0. The van der Waals surface area contributed by atoms with E-state index in [9.17, 15) is 0 Å². The average molecular weight is 206 g/mol. The van der Waals surface area contributed by atoms with Crippen molar-refractivity contribution >= 4 is 0 Å². The third-order valence-electron chi connectivity index (χ3n) is 2.45. The van der Waals surface area contributed by atoms with Crippen LogP contribution in [-0.4, -0.2) is 19.1 Å². The van der Waals surface area contributed by atoms with Crippen LogP contribution in [0, 0.1) is 6.92 Å².